The maximum Gasteiger partial charge on any atom is 0.254 e. The van der Waals surface area contributed by atoms with E-state index in [1.807, 2.05) is 25.3 Å². The summed E-state index contributed by atoms with van der Waals surface area (Å²) in [7, 11) is 0. The monoisotopic (exact) mass is 254 g/mol. The quantitative estimate of drug-likeness (QED) is 0.771. The van der Waals surface area contributed by atoms with Crippen LogP contribution < -0.4 is 5.32 Å². The average molecular weight is 254 g/mol. The summed E-state index contributed by atoms with van der Waals surface area (Å²) in [5.41, 5.74) is 3.28. The molecule has 3 rings (SSSR count). The summed E-state index contributed by atoms with van der Waals surface area (Å²) in [4.78, 5) is 12.5. The van der Waals surface area contributed by atoms with E-state index in [0.29, 0.717) is 12.3 Å². The van der Waals surface area contributed by atoms with Crippen LogP contribution in [0.25, 0.3) is 5.78 Å². The molecule has 0 unspecified atom stereocenters. The maximum absolute atomic E-state index is 4.31. The van der Waals surface area contributed by atoms with Crippen LogP contribution in [-0.4, -0.2) is 24.6 Å². The van der Waals surface area contributed by atoms with E-state index in [9.17, 15) is 0 Å². The zero-order chi connectivity index (χ0) is 13.2. The van der Waals surface area contributed by atoms with Crippen molar-refractivity contribution >= 4 is 11.6 Å². The first-order valence-corrected chi connectivity index (χ1v) is 6.05. The van der Waals surface area contributed by atoms with E-state index in [2.05, 4.69) is 32.3 Å². The summed E-state index contributed by atoms with van der Waals surface area (Å²) >= 11 is 0. The second-order valence-electron chi connectivity index (χ2n) is 4.41. The summed E-state index contributed by atoms with van der Waals surface area (Å²) in [6.45, 7) is 4.70. The second kappa shape index (κ2) is 4.64. The van der Waals surface area contributed by atoms with Gasteiger partial charge in [-0.05, 0) is 31.0 Å². The molecule has 0 atom stereocenters. The van der Waals surface area contributed by atoms with Gasteiger partial charge < -0.3 is 5.32 Å². The second-order valence-corrected chi connectivity index (χ2v) is 4.41. The predicted molar refractivity (Wildman–Crippen MR) is 71.8 cm³/mol. The number of pyridine rings is 1. The molecule has 0 fully saturated rings. The topological polar surface area (TPSA) is 68.0 Å². The van der Waals surface area contributed by atoms with Gasteiger partial charge in [0.2, 0.25) is 0 Å². The minimum Gasteiger partial charge on any atom is -0.366 e. The van der Waals surface area contributed by atoms with Gasteiger partial charge in [-0.2, -0.15) is 14.6 Å². The van der Waals surface area contributed by atoms with Crippen molar-refractivity contribution < 1.29 is 0 Å². The number of aryl methyl sites for hydroxylation is 2. The average Bonchev–Trinajstić information content (AvgIpc) is 2.85. The van der Waals surface area contributed by atoms with Crippen LogP contribution in [0.15, 0.2) is 30.9 Å². The maximum atomic E-state index is 4.31. The Hall–Kier alpha value is -2.50. The first kappa shape index (κ1) is 11.6. The molecule has 0 radical (unpaired) electrons. The summed E-state index contributed by atoms with van der Waals surface area (Å²) in [5.74, 6) is 1.48. The summed E-state index contributed by atoms with van der Waals surface area (Å²) in [6, 6.07) is 3.95. The number of nitrogens with zero attached hydrogens (tertiary/aromatic N) is 5. The van der Waals surface area contributed by atoms with Crippen LogP contribution in [-0.2, 0) is 6.54 Å². The molecule has 3 aromatic rings. The Balaban J connectivity index is 1.90. The zero-order valence-corrected chi connectivity index (χ0v) is 10.8. The molecule has 1 N–H and O–H groups in total. The minimum absolute atomic E-state index is 0.602. The van der Waals surface area contributed by atoms with Gasteiger partial charge in [0.05, 0.1) is 0 Å². The molecule has 3 aromatic heterocycles. The molecule has 0 aliphatic heterocycles. The van der Waals surface area contributed by atoms with Crippen molar-refractivity contribution in [1.82, 2.24) is 24.6 Å². The van der Waals surface area contributed by atoms with Crippen LogP contribution in [0.5, 0.6) is 0 Å². The molecular formula is C13H14N6. The highest BCUT2D eigenvalue weighted by atomic mass is 15.3. The zero-order valence-electron chi connectivity index (χ0n) is 10.8. The van der Waals surface area contributed by atoms with Gasteiger partial charge in [0.25, 0.3) is 5.78 Å². The van der Waals surface area contributed by atoms with Crippen molar-refractivity contribution in [2.24, 2.45) is 0 Å². The van der Waals surface area contributed by atoms with Gasteiger partial charge in [0.1, 0.15) is 12.1 Å². The largest absolute Gasteiger partial charge is 0.366 e. The fraction of sp³-hybridized carbons (Fsp3) is 0.231. The van der Waals surface area contributed by atoms with E-state index in [1.165, 1.54) is 11.9 Å². The molecule has 96 valence electrons. The molecule has 0 aliphatic rings. The Morgan fingerprint density at radius 3 is 3.05 bits per heavy atom. The van der Waals surface area contributed by atoms with E-state index in [1.54, 1.807) is 10.7 Å². The Morgan fingerprint density at radius 1 is 1.32 bits per heavy atom. The van der Waals surface area contributed by atoms with E-state index in [4.69, 9.17) is 0 Å². The van der Waals surface area contributed by atoms with Crippen LogP contribution >= 0.6 is 0 Å². The smallest absolute Gasteiger partial charge is 0.254 e. The molecule has 0 spiro atoms. The van der Waals surface area contributed by atoms with Gasteiger partial charge in [0, 0.05) is 30.7 Å². The Labute approximate surface area is 110 Å². The summed E-state index contributed by atoms with van der Waals surface area (Å²) in [6.07, 6.45) is 5.17. The van der Waals surface area contributed by atoms with Crippen molar-refractivity contribution in [2.75, 3.05) is 5.32 Å². The normalized spacial score (nSPS) is 10.8. The highest BCUT2D eigenvalue weighted by Gasteiger charge is 2.05. The fourth-order valence-electron chi connectivity index (χ4n) is 1.92. The molecule has 0 saturated carbocycles. The molecule has 6 nitrogen and oxygen atoms in total. The fourth-order valence-corrected chi connectivity index (χ4v) is 1.92. The third-order valence-corrected chi connectivity index (χ3v) is 2.99. The van der Waals surface area contributed by atoms with Gasteiger partial charge in [-0.1, -0.05) is 0 Å². The van der Waals surface area contributed by atoms with Gasteiger partial charge in [0.15, 0.2) is 0 Å². The van der Waals surface area contributed by atoms with E-state index in [-0.39, 0.29) is 0 Å². The Kier molecular flexibility index (Phi) is 2.83. The van der Waals surface area contributed by atoms with E-state index in [0.717, 1.165) is 17.1 Å². The van der Waals surface area contributed by atoms with Crippen LogP contribution in [0, 0.1) is 13.8 Å². The molecule has 0 aliphatic carbocycles. The van der Waals surface area contributed by atoms with Crippen molar-refractivity contribution in [3.63, 3.8) is 0 Å². The molecule has 6 heteroatoms. The van der Waals surface area contributed by atoms with Crippen LogP contribution in [0.1, 0.15) is 16.8 Å². The highest BCUT2D eigenvalue weighted by molar-refractivity contribution is 5.45. The summed E-state index contributed by atoms with van der Waals surface area (Å²) in [5, 5.41) is 7.51. The SMILES string of the molecule is Cc1cc(NCc2cnccc2C)n2ncnc2n1. The summed E-state index contributed by atoms with van der Waals surface area (Å²) < 4.78 is 1.69. The van der Waals surface area contributed by atoms with E-state index < -0.39 is 0 Å². The van der Waals surface area contributed by atoms with Crippen LogP contribution in [0.3, 0.4) is 0 Å². The number of hydrogen-bond donors (Lipinski definition) is 1. The van der Waals surface area contributed by atoms with Crippen LogP contribution in [0.2, 0.25) is 0 Å². The van der Waals surface area contributed by atoms with Crippen molar-refractivity contribution in [2.45, 2.75) is 20.4 Å². The molecule has 0 amide bonds. The third-order valence-electron chi connectivity index (χ3n) is 2.99. The number of rotatable bonds is 3. The Morgan fingerprint density at radius 2 is 2.21 bits per heavy atom. The number of hydrogen-bond acceptors (Lipinski definition) is 5. The van der Waals surface area contributed by atoms with Gasteiger partial charge in [-0.25, -0.2) is 4.98 Å². The van der Waals surface area contributed by atoms with E-state index >= 15 is 0 Å². The molecule has 0 bridgehead atoms. The van der Waals surface area contributed by atoms with Gasteiger partial charge in [-0.15, -0.1) is 0 Å². The molecule has 3 heterocycles. The Bertz CT molecular complexity index is 718. The van der Waals surface area contributed by atoms with Crippen molar-refractivity contribution in [3.8, 4) is 0 Å². The first-order valence-electron chi connectivity index (χ1n) is 6.05. The first-order chi connectivity index (χ1) is 9.24. The molecule has 0 saturated heterocycles. The lowest BCUT2D eigenvalue weighted by atomic mass is 10.1. The predicted octanol–water partition coefficient (Wildman–Crippen LogP) is 1.75. The number of anilines is 1. The lowest BCUT2D eigenvalue weighted by Gasteiger charge is -2.10. The number of fused-ring (bicyclic) bond motifs is 1. The van der Waals surface area contributed by atoms with Gasteiger partial charge in [-0.3, -0.25) is 4.98 Å². The molecule has 0 aromatic carbocycles. The molecular weight excluding hydrogens is 240 g/mol. The number of nitrogens with one attached hydrogen (secondary N) is 1. The lowest BCUT2D eigenvalue weighted by Crippen LogP contribution is -2.08. The van der Waals surface area contributed by atoms with Gasteiger partial charge >= 0.3 is 0 Å². The third kappa shape index (κ3) is 2.24. The lowest BCUT2D eigenvalue weighted by molar-refractivity contribution is 0.913. The minimum atomic E-state index is 0.602. The van der Waals surface area contributed by atoms with Crippen LogP contribution in [0.4, 0.5) is 5.82 Å². The van der Waals surface area contributed by atoms with Crippen molar-refractivity contribution in [3.05, 3.63) is 47.7 Å². The molecule has 19 heavy (non-hydrogen) atoms. The standard InChI is InChI=1S/C13H14N6/c1-9-3-4-14-6-11(9)7-15-12-5-10(2)18-13-16-8-17-19(12)13/h3-6,8,15H,7H2,1-2H3. The number of aromatic nitrogens is 5. The van der Waals surface area contributed by atoms with Crippen molar-refractivity contribution in [1.29, 1.82) is 0 Å². The highest BCUT2D eigenvalue weighted by Crippen LogP contribution is 2.12.